The maximum atomic E-state index is 12.4. The van der Waals surface area contributed by atoms with Gasteiger partial charge >= 0.3 is 12.0 Å². The second-order valence-electron chi connectivity index (χ2n) is 6.13. The van der Waals surface area contributed by atoms with Gasteiger partial charge in [0.1, 0.15) is 18.8 Å². The van der Waals surface area contributed by atoms with Crippen LogP contribution in [0.3, 0.4) is 0 Å². The fourth-order valence-electron chi connectivity index (χ4n) is 2.57. The van der Waals surface area contributed by atoms with E-state index in [2.05, 4.69) is 5.32 Å². The normalized spacial score (nSPS) is 13.0. The number of para-hydroxylation sites is 1. The summed E-state index contributed by atoms with van der Waals surface area (Å²) in [6.07, 6.45) is -1.40. The molecule has 1 atom stereocenters. The molecule has 1 aliphatic rings. The van der Waals surface area contributed by atoms with Crippen LogP contribution in [0.4, 0.5) is 16.2 Å². The van der Waals surface area contributed by atoms with Crippen molar-refractivity contribution in [3.63, 3.8) is 0 Å². The summed E-state index contributed by atoms with van der Waals surface area (Å²) in [5.41, 5.74) is -0.504. The SMILES string of the molecule is CC(OC(=O)c1cc2c(cc1[N+](=O)[O-])OCCO2)C(=O)NC(=O)Nc1ccccc1. The number of anilines is 1. The Morgan fingerprint density at radius 1 is 1.10 bits per heavy atom. The number of nitro benzene ring substituents is 1. The van der Waals surface area contributed by atoms with Crippen molar-refractivity contribution in [3.05, 3.63) is 58.1 Å². The third-order valence-electron chi connectivity index (χ3n) is 4.00. The Morgan fingerprint density at radius 2 is 1.73 bits per heavy atom. The molecule has 0 saturated heterocycles. The average Bonchev–Trinajstić information content (AvgIpc) is 2.73. The molecular weight excluding hydrogens is 398 g/mol. The van der Waals surface area contributed by atoms with E-state index in [0.29, 0.717) is 5.69 Å². The predicted molar refractivity (Wildman–Crippen MR) is 103 cm³/mol. The van der Waals surface area contributed by atoms with Crippen molar-refractivity contribution in [3.8, 4) is 11.5 Å². The van der Waals surface area contributed by atoms with E-state index in [-0.39, 0.29) is 24.7 Å². The monoisotopic (exact) mass is 415 g/mol. The van der Waals surface area contributed by atoms with Gasteiger partial charge in [-0.15, -0.1) is 0 Å². The highest BCUT2D eigenvalue weighted by atomic mass is 16.6. The highest BCUT2D eigenvalue weighted by Gasteiger charge is 2.29. The third kappa shape index (κ3) is 4.82. The molecule has 11 heteroatoms. The Morgan fingerprint density at radius 3 is 2.37 bits per heavy atom. The van der Waals surface area contributed by atoms with Crippen LogP contribution >= 0.6 is 0 Å². The van der Waals surface area contributed by atoms with E-state index in [1.807, 2.05) is 5.32 Å². The zero-order valence-corrected chi connectivity index (χ0v) is 15.7. The lowest BCUT2D eigenvalue weighted by Gasteiger charge is -2.19. The number of fused-ring (bicyclic) bond motifs is 1. The molecule has 0 bridgehead atoms. The molecular formula is C19H17N3O8. The lowest BCUT2D eigenvalue weighted by Crippen LogP contribution is -2.41. The summed E-state index contributed by atoms with van der Waals surface area (Å²) in [5.74, 6) is -1.74. The molecule has 2 aromatic rings. The molecule has 0 radical (unpaired) electrons. The van der Waals surface area contributed by atoms with Gasteiger partial charge in [-0.3, -0.25) is 20.2 Å². The molecule has 2 N–H and O–H groups in total. The van der Waals surface area contributed by atoms with Gasteiger partial charge in [-0.2, -0.15) is 0 Å². The summed E-state index contributed by atoms with van der Waals surface area (Å²) in [6.45, 7) is 1.66. The van der Waals surface area contributed by atoms with Crippen LogP contribution in [-0.2, 0) is 9.53 Å². The Kier molecular flexibility index (Phi) is 6.11. The summed E-state index contributed by atoms with van der Waals surface area (Å²) >= 11 is 0. The summed E-state index contributed by atoms with van der Waals surface area (Å²) in [5, 5.41) is 15.8. The number of ether oxygens (including phenoxy) is 3. The Bertz CT molecular complexity index is 993. The van der Waals surface area contributed by atoms with Gasteiger partial charge in [-0.05, 0) is 19.1 Å². The first-order chi connectivity index (χ1) is 14.3. The van der Waals surface area contributed by atoms with Crippen molar-refractivity contribution in [2.75, 3.05) is 18.5 Å². The second kappa shape index (κ2) is 8.90. The highest BCUT2D eigenvalue weighted by Crippen LogP contribution is 2.37. The van der Waals surface area contributed by atoms with Crippen LogP contribution in [0.15, 0.2) is 42.5 Å². The van der Waals surface area contributed by atoms with E-state index in [4.69, 9.17) is 14.2 Å². The number of carbonyl (C=O) groups excluding carboxylic acids is 3. The van der Waals surface area contributed by atoms with E-state index >= 15 is 0 Å². The molecule has 0 spiro atoms. The number of urea groups is 1. The van der Waals surface area contributed by atoms with Crippen molar-refractivity contribution in [1.82, 2.24) is 5.32 Å². The number of nitrogens with one attached hydrogen (secondary N) is 2. The molecule has 30 heavy (non-hydrogen) atoms. The van der Waals surface area contributed by atoms with Crippen LogP contribution < -0.4 is 20.1 Å². The number of benzene rings is 2. The largest absolute Gasteiger partial charge is 0.486 e. The van der Waals surface area contributed by atoms with Crippen molar-refractivity contribution >= 4 is 29.3 Å². The van der Waals surface area contributed by atoms with E-state index in [0.717, 1.165) is 12.1 Å². The lowest BCUT2D eigenvalue weighted by molar-refractivity contribution is -0.385. The number of hydrogen-bond donors (Lipinski definition) is 2. The van der Waals surface area contributed by atoms with Gasteiger partial charge < -0.3 is 19.5 Å². The first-order valence-corrected chi connectivity index (χ1v) is 8.81. The van der Waals surface area contributed by atoms with Gasteiger partial charge in [-0.25, -0.2) is 9.59 Å². The number of nitro groups is 1. The topological polar surface area (TPSA) is 146 Å². The molecule has 0 saturated carbocycles. The van der Waals surface area contributed by atoms with Gasteiger partial charge in [0.25, 0.3) is 11.6 Å². The molecule has 1 aliphatic heterocycles. The number of carbonyl (C=O) groups is 3. The van der Waals surface area contributed by atoms with Crippen molar-refractivity contribution in [2.45, 2.75) is 13.0 Å². The fourth-order valence-corrected chi connectivity index (χ4v) is 2.57. The average molecular weight is 415 g/mol. The quantitative estimate of drug-likeness (QED) is 0.429. The Labute approximate surface area is 170 Å². The van der Waals surface area contributed by atoms with Crippen LogP contribution in [-0.4, -0.2) is 42.1 Å². The van der Waals surface area contributed by atoms with Gasteiger partial charge in [0.05, 0.1) is 11.0 Å². The standard InChI is InChI=1S/C19H17N3O8/c1-11(17(23)21-19(25)20-12-5-3-2-4-6-12)30-18(24)13-9-15-16(29-8-7-28-15)10-14(13)22(26)27/h2-6,9-11H,7-8H2,1H3,(H2,20,21,23,25). The molecule has 11 nitrogen and oxygen atoms in total. The first kappa shape index (κ1) is 20.6. The number of nitrogens with zero attached hydrogens (tertiary/aromatic N) is 1. The molecule has 0 aliphatic carbocycles. The Balaban J connectivity index is 1.66. The van der Waals surface area contributed by atoms with Gasteiger partial charge in [0.15, 0.2) is 17.6 Å². The molecule has 1 heterocycles. The van der Waals surface area contributed by atoms with Crippen LogP contribution in [0, 0.1) is 10.1 Å². The molecule has 0 aromatic heterocycles. The molecule has 3 rings (SSSR count). The summed E-state index contributed by atoms with van der Waals surface area (Å²) < 4.78 is 15.6. The number of amides is 3. The van der Waals surface area contributed by atoms with Gasteiger partial charge in [-0.1, -0.05) is 18.2 Å². The number of hydrogen-bond acceptors (Lipinski definition) is 8. The fraction of sp³-hybridized carbons (Fsp3) is 0.211. The molecule has 1 unspecified atom stereocenters. The number of esters is 1. The van der Waals surface area contributed by atoms with Crippen molar-refractivity contribution < 1.29 is 33.5 Å². The first-order valence-electron chi connectivity index (χ1n) is 8.81. The number of rotatable bonds is 5. The minimum absolute atomic E-state index is 0.132. The van der Waals surface area contributed by atoms with E-state index in [1.165, 1.54) is 6.92 Å². The smallest absolute Gasteiger partial charge is 0.346 e. The highest BCUT2D eigenvalue weighted by molar-refractivity contribution is 6.03. The van der Waals surface area contributed by atoms with Crippen molar-refractivity contribution in [1.29, 1.82) is 0 Å². The minimum atomic E-state index is -1.40. The maximum absolute atomic E-state index is 12.4. The lowest BCUT2D eigenvalue weighted by atomic mass is 10.1. The zero-order valence-electron chi connectivity index (χ0n) is 15.7. The van der Waals surface area contributed by atoms with Gasteiger partial charge in [0.2, 0.25) is 0 Å². The van der Waals surface area contributed by atoms with Crippen LogP contribution in [0.5, 0.6) is 11.5 Å². The van der Waals surface area contributed by atoms with Crippen molar-refractivity contribution in [2.24, 2.45) is 0 Å². The van der Waals surface area contributed by atoms with E-state index in [9.17, 15) is 24.5 Å². The van der Waals surface area contributed by atoms with E-state index in [1.54, 1.807) is 30.3 Å². The number of imide groups is 1. The zero-order chi connectivity index (χ0) is 21.7. The van der Waals surface area contributed by atoms with Gasteiger partial charge in [0, 0.05) is 11.8 Å². The minimum Gasteiger partial charge on any atom is -0.486 e. The molecule has 2 aromatic carbocycles. The molecule has 3 amide bonds. The predicted octanol–water partition coefficient (Wildman–Crippen LogP) is 2.26. The van der Waals surface area contributed by atoms with Crippen LogP contribution in [0.1, 0.15) is 17.3 Å². The van der Waals surface area contributed by atoms with E-state index < -0.39 is 40.2 Å². The third-order valence-corrected chi connectivity index (χ3v) is 4.00. The Hall–Kier alpha value is -4.15. The summed E-state index contributed by atoms with van der Waals surface area (Å²) in [7, 11) is 0. The maximum Gasteiger partial charge on any atom is 0.346 e. The summed E-state index contributed by atoms with van der Waals surface area (Å²) in [6, 6.07) is 9.75. The van der Waals surface area contributed by atoms with Crippen LogP contribution in [0.2, 0.25) is 0 Å². The molecule has 156 valence electrons. The van der Waals surface area contributed by atoms with Crippen LogP contribution in [0.25, 0.3) is 0 Å². The second-order valence-corrected chi connectivity index (χ2v) is 6.13. The summed E-state index contributed by atoms with van der Waals surface area (Å²) in [4.78, 5) is 47.0. The molecule has 0 fully saturated rings.